The van der Waals surface area contributed by atoms with Crippen molar-refractivity contribution in [3.8, 4) is 0 Å². The molecule has 0 bridgehead atoms. The van der Waals surface area contributed by atoms with E-state index in [1.807, 2.05) is 0 Å². The van der Waals surface area contributed by atoms with Crippen molar-refractivity contribution in [2.45, 2.75) is 46.7 Å². The van der Waals surface area contributed by atoms with Crippen LogP contribution in [0, 0.1) is 17.8 Å². The molecule has 0 aromatic carbocycles. The van der Waals surface area contributed by atoms with Crippen molar-refractivity contribution in [2.24, 2.45) is 17.8 Å². The molecule has 0 spiro atoms. The summed E-state index contributed by atoms with van der Waals surface area (Å²) in [5, 5.41) is 3.57. The van der Waals surface area contributed by atoms with E-state index < -0.39 is 0 Å². The van der Waals surface area contributed by atoms with Gasteiger partial charge in [0.2, 0.25) is 0 Å². The molecule has 11 heavy (non-hydrogen) atoms. The first-order chi connectivity index (χ1) is 5.04. The molecule has 4 unspecified atom stereocenters. The Hall–Kier alpha value is -0.0400. The van der Waals surface area contributed by atoms with Crippen molar-refractivity contribution >= 4 is 0 Å². The monoisotopic (exact) mass is 155 g/mol. The second-order valence-electron chi connectivity index (χ2n) is 4.44. The van der Waals surface area contributed by atoms with Crippen molar-refractivity contribution in [3.63, 3.8) is 0 Å². The maximum absolute atomic E-state index is 3.57. The molecule has 1 saturated heterocycles. The van der Waals surface area contributed by atoms with E-state index in [2.05, 4.69) is 39.9 Å². The predicted molar refractivity (Wildman–Crippen MR) is 49.6 cm³/mol. The summed E-state index contributed by atoms with van der Waals surface area (Å²) in [7, 11) is 0. The normalized spacial score (nSPS) is 40.4. The third-order valence-corrected chi connectivity index (χ3v) is 3.43. The van der Waals surface area contributed by atoms with Crippen LogP contribution in [0.25, 0.3) is 0 Å². The Morgan fingerprint density at radius 1 is 1.09 bits per heavy atom. The average molecular weight is 155 g/mol. The van der Waals surface area contributed by atoms with Crippen molar-refractivity contribution in [2.75, 3.05) is 0 Å². The van der Waals surface area contributed by atoms with Gasteiger partial charge in [0.25, 0.3) is 0 Å². The van der Waals surface area contributed by atoms with Crippen LogP contribution in [0.3, 0.4) is 0 Å². The molecule has 1 nitrogen and oxygen atoms in total. The fourth-order valence-corrected chi connectivity index (χ4v) is 1.84. The molecule has 1 heterocycles. The molecular weight excluding hydrogens is 134 g/mol. The molecule has 0 saturated carbocycles. The molecule has 1 rings (SSSR count). The van der Waals surface area contributed by atoms with E-state index in [1.54, 1.807) is 0 Å². The lowest BCUT2D eigenvalue weighted by atomic mass is 9.74. The summed E-state index contributed by atoms with van der Waals surface area (Å²) in [6.45, 7) is 11.6. The van der Waals surface area contributed by atoms with Gasteiger partial charge in [0, 0.05) is 12.1 Å². The van der Waals surface area contributed by atoms with Gasteiger partial charge >= 0.3 is 0 Å². The first-order valence-electron chi connectivity index (χ1n) is 4.80. The number of nitrogens with one attached hydrogen (secondary N) is 1. The summed E-state index contributed by atoms with van der Waals surface area (Å²) in [5.74, 6) is 2.50. The molecule has 1 N–H and O–H groups in total. The first kappa shape index (κ1) is 9.05. The highest BCUT2D eigenvalue weighted by atomic mass is 15.1. The van der Waals surface area contributed by atoms with Gasteiger partial charge in [-0.05, 0) is 24.7 Å². The first-order valence-corrected chi connectivity index (χ1v) is 4.80. The van der Waals surface area contributed by atoms with Crippen LogP contribution in [0.5, 0.6) is 0 Å². The summed E-state index contributed by atoms with van der Waals surface area (Å²) in [6, 6.07) is 1.51. The molecule has 0 aliphatic carbocycles. The van der Waals surface area contributed by atoms with Gasteiger partial charge in [-0.25, -0.2) is 0 Å². The maximum atomic E-state index is 3.57. The lowest BCUT2D eigenvalue weighted by Crippen LogP contribution is -2.62. The Bertz CT molecular complexity index is 131. The van der Waals surface area contributed by atoms with E-state index in [9.17, 15) is 0 Å². The van der Waals surface area contributed by atoms with Gasteiger partial charge in [-0.15, -0.1) is 0 Å². The van der Waals surface area contributed by atoms with Crippen LogP contribution in [0.2, 0.25) is 0 Å². The van der Waals surface area contributed by atoms with Crippen molar-refractivity contribution in [1.29, 1.82) is 0 Å². The van der Waals surface area contributed by atoms with Crippen LogP contribution in [0.1, 0.15) is 34.6 Å². The van der Waals surface area contributed by atoms with Crippen molar-refractivity contribution < 1.29 is 0 Å². The number of hydrogen-bond donors (Lipinski definition) is 1. The highest BCUT2D eigenvalue weighted by Gasteiger charge is 2.37. The summed E-state index contributed by atoms with van der Waals surface area (Å²) in [4.78, 5) is 0. The minimum absolute atomic E-state index is 0.737. The van der Waals surface area contributed by atoms with Gasteiger partial charge in [-0.2, -0.15) is 0 Å². The Morgan fingerprint density at radius 3 is 1.91 bits per heavy atom. The molecule has 0 aromatic rings. The van der Waals surface area contributed by atoms with E-state index in [0.29, 0.717) is 0 Å². The molecule has 1 aliphatic heterocycles. The van der Waals surface area contributed by atoms with Crippen molar-refractivity contribution in [1.82, 2.24) is 5.32 Å². The van der Waals surface area contributed by atoms with Gasteiger partial charge in [-0.3, -0.25) is 0 Å². The highest BCUT2D eigenvalue weighted by molar-refractivity contribution is 4.95. The van der Waals surface area contributed by atoms with E-state index in [1.165, 1.54) is 0 Å². The molecular formula is C10H21N. The Kier molecular flexibility index (Phi) is 2.58. The molecule has 1 heteroatoms. The van der Waals surface area contributed by atoms with Crippen LogP contribution < -0.4 is 5.32 Å². The molecule has 66 valence electrons. The Balaban J connectivity index is 2.39. The zero-order valence-electron chi connectivity index (χ0n) is 8.39. The maximum Gasteiger partial charge on any atom is 0.0138 e. The van der Waals surface area contributed by atoms with Crippen LogP contribution in [-0.2, 0) is 0 Å². The smallest absolute Gasteiger partial charge is 0.0138 e. The zero-order valence-corrected chi connectivity index (χ0v) is 8.39. The summed E-state index contributed by atoms with van der Waals surface area (Å²) < 4.78 is 0. The molecule has 4 atom stereocenters. The van der Waals surface area contributed by atoms with Gasteiger partial charge in [-0.1, -0.05) is 27.7 Å². The third kappa shape index (κ3) is 1.58. The molecule has 0 radical (unpaired) electrons. The number of hydrogen-bond acceptors (Lipinski definition) is 1. The summed E-state index contributed by atoms with van der Waals surface area (Å²) >= 11 is 0. The van der Waals surface area contributed by atoms with Crippen LogP contribution in [0.4, 0.5) is 0 Å². The molecule has 0 amide bonds. The minimum Gasteiger partial charge on any atom is -0.311 e. The van der Waals surface area contributed by atoms with E-state index in [4.69, 9.17) is 0 Å². The second kappa shape index (κ2) is 3.14. The fourth-order valence-electron chi connectivity index (χ4n) is 1.84. The predicted octanol–water partition coefficient (Wildman–Crippen LogP) is 2.27. The SMILES string of the molecule is CC(C)C(C)C1NC(C)C1C. The van der Waals surface area contributed by atoms with E-state index in [0.717, 1.165) is 29.8 Å². The molecule has 0 aromatic heterocycles. The third-order valence-electron chi connectivity index (χ3n) is 3.43. The fraction of sp³-hybridized carbons (Fsp3) is 1.00. The second-order valence-corrected chi connectivity index (χ2v) is 4.44. The summed E-state index contributed by atoms with van der Waals surface area (Å²) in [6.07, 6.45) is 0. The average Bonchev–Trinajstić information content (AvgIpc) is 1.98. The number of rotatable bonds is 2. The topological polar surface area (TPSA) is 12.0 Å². The minimum atomic E-state index is 0.737. The van der Waals surface area contributed by atoms with Crippen LogP contribution in [-0.4, -0.2) is 12.1 Å². The quantitative estimate of drug-likeness (QED) is 0.645. The van der Waals surface area contributed by atoms with Crippen molar-refractivity contribution in [3.05, 3.63) is 0 Å². The van der Waals surface area contributed by atoms with Crippen LogP contribution >= 0.6 is 0 Å². The Labute approximate surface area is 70.6 Å². The standard InChI is InChI=1S/C10H21N/c1-6(2)7(3)10-8(4)9(5)11-10/h6-11H,1-5H3. The van der Waals surface area contributed by atoms with Gasteiger partial charge < -0.3 is 5.32 Å². The van der Waals surface area contributed by atoms with Gasteiger partial charge in [0.1, 0.15) is 0 Å². The molecule has 1 aliphatic rings. The van der Waals surface area contributed by atoms with E-state index in [-0.39, 0.29) is 0 Å². The van der Waals surface area contributed by atoms with Gasteiger partial charge in [0.05, 0.1) is 0 Å². The van der Waals surface area contributed by atoms with E-state index >= 15 is 0 Å². The largest absolute Gasteiger partial charge is 0.311 e. The van der Waals surface area contributed by atoms with Crippen LogP contribution in [0.15, 0.2) is 0 Å². The summed E-state index contributed by atoms with van der Waals surface area (Å²) in [5.41, 5.74) is 0. The lowest BCUT2D eigenvalue weighted by Gasteiger charge is -2.47. The Morgan fingerprint density at radius 2 is 1.64 bits per heavy atom. The lowest BCUT2D eigenvalue weighted by molar-refractivity contribution is 0.100. The molecule has 1 fully saturated rings. The zero-order chi connectivity index (χ0) is 8.59. The highest BCUT2D eigenvalue weighted by Crippen LogP contribution is 2.29. The van der Waals surface area contributed by atoms with Gasteiger partial charge in [0.15, 0.2) is 0 Å².